The summed E-state index contributed by atoms with van der Waals surface area (Å²) in [5, 5.41) is 0. The number of halogens is 3. The quantitative estimate of drug-likeness (QED) is 0.641. The summed E-state index contributed by atoms with van der Waals surface area (Å²) in [6, 6.07) is -0.944. The first-order chi connectivity index (χ1) is 4.89. The Morgan fingerprint density at radius 3 is 2.27 bits per heavy atom. The van der Waals surface area contributed by atoms with Gasteiger partial charge in [0.05, 0.1) is 0 Å². The van der Waals surface area contributed by atoms with Gasteiger partial charge in [-0.15, -0.1) is 0 Å². The molecule has 0 aliphatic rings. The van der Waals surface area contributed by atoms with Crippen LogP contribution >= 0.6 is 0 Å². The number of alkyl halides is 3. The van der Waals surface area contributed by atoms with Crippen molar-refractivity contribution in [3.63, 3.8) is 0 Å². The fourth-order valence-corrected chi connectivity index (χ4v) is 0.695. The van der Waals surface area contributed by atoms with Gasteiger partial charge in [-0.25, -0.2) is 0 Å². The predicted molar refractivity (Wildman–Crippen MR) is 38.1 cm³/mol. The molecule has 0 saturated heterocycles. The van der Waals surface area contributed by atoms with Gasteiger partial charge in [0.15, 0.2) is 0 Å². The van der Waals surface area contributed by atoms with Crippen LogP contribution in [0.3, 0.4) is 0 Å². The lowest BCUT2D eigenvalue weighted by molar-refractivity contribution is -0.0953. The molecule has 0 aliphatic heterocycles. The standard InChI is InChI=1S/C7H12F3N/c1-3-4-6(11)5(2)7(8,9)10/h6H,2-4,11H2,1H3. The van der Waals surface area contributed by atoms with Gasteiger partial charge >= 0.3 is 6.18 Å². The van der Waals surface area contributed by atoms with Gasteiger partial charge in [0.25, 0.3) is 0 Å². The highest BCUT2D eigenvalue weighted by Gasteiger charge is 2.34. The van der Waals surface area contributed by atoms with Crippen LogP contribution in [0.25, 0.3) is 0 Å². The van der Waals surface area contributed by atoms with Gasteiger partial charge in [-0.05, 0) is 6.42 Å². The second kappa shape index (κ2) is 3.76. The van der Waals surface area contributed by atoms with Crippen molar-refractivity contribution < 1.29 is 13.2 Å². The molecule has 0 aromatic carbocycles. The van der Waals surface area contributed by atoms with E-state index in [1.54, 1.807) is 6.92 Å². The molecule has 4 heteroatoms. The van der Waals surface area contributed by atoms with Crippen molar-refractivity contribution in [2.24, 2.45) is 5.73 Å². The van der Waals surface area contributed by atoms with E-state index in [-0.39, 0.29) is 0 Å². The van der Waals surface area contributed by atoms with Crippen molar-refractivity contribution in [2.75, 3.05) is 0 Å². The van der Waals surface area contributed by atoms with E-state index in [4.69, 9.17) is 5.73 Å². The Morgan fingerprint density at radius 2 is 2.00 bits per heavy atom. The molecular weight excluding hydrogens is 155 g/mol. The first kappa shape index (κ1) is 10.5. The molecule has 0 fully saturated rings. The fraction of sp³-hybridized carbons (Fsp3) is 0.714. The molecule has 0 spiro atoms. The minimum atomic E-state index is -4.34. The zero-order valence-electron chi connectivity index (χ0n) is 6.41. The summed E-state index contributed by atoms with van der Waals surface area (Å²) in [7, 11) is 0. The molecule has 0 amide bonds. The highest BCUT2D eigenvalue weighted by molar-refractivity contribution is 5.10. The summed E-state index contributed by atoms with van der Waals surface area (Å²) in [4.78, 5) is 0. The molecule has 0 rings (SSSR count). The molecule has 66 valence electrons. The Balaban J connectivity index is 4.03. The Hall–Kier alpha value is -0.510. The zero-order chi connectivity index (χ0) is 9.07. The molecule has 0 aliphatic carbocycles. The smallest absolute Gasteiger partial charge is 0.324 e. The van der Waals surface area contributed by atoms with Crippen molar-refractivity contribution in [3.8, 4) is 0 Å². The van der Waals surface area contributed by atoms with Gasteiger partial charge in [-0.1, -0.05) is 19.9 Å². The molecule has 2 N–H and O–H groups in total. The van der Waals surface area contributed by atoms with E-state index in [1.165, 1.54) is 0 Å². The maximum absolute atomic E-state index is 11.8. The molecule has 0 aromatic heterocycles. The molecule has 0 saturated carbocycles. The second-order valence-corrected chi connectivity index (χ2v) is 2.42. The highest BCUT2D eigenvalue weighted by atomic mass is 19.4. The van der Waals surface area contributed by atoms with Crippen LogP contribution in [0, 0.1) is 0 Å². The summed E-state index contributed by atoms with van der Waals surface area (Å²) >= 11 is 0. The lowest BCUT2D eigenvalue weighted by atomic mass is 10.1. The molecule has 1 nitrogen and oxygen atoms in total. The van der Waals surface area contributed by atoms with Crippen LogP contribution < -0.4 is 5.73 Å². The fourth-order valence-electron chi connectivity index (χ4n) is 0.695. The van der Waals surface area contributed by atoms with Crippen molar-refractivity contribution >= 4 is 0 Å². The molecule has 0 aromatic rings. The number of nitrogens with two attached hydrogens (primary N) is 1. The minimum Gasteiger partial charge on any atom is -0.324 e. The topological polar surface area (TPSA) is 26.0 Å². The van der Waals surface area contributed by atoms with Crippen LogP contribution in [-0.2, 0) is 0 Å². The molecule has 0 heterocycles. The van der Waals surface area contributed by atoms with Crippen molar-refractivity contribution in [1.29, 1.82) is 0 Å². The number of rotatable bonds is 3. The number of hydrogen-bond acceptors (Lipinski definition) is 1. The molecule has 1 atom stereocenters. The first-order valence-electron chi connectivity index (χ1n) is 3.41. The van der Waals surface area contributed by atoms with Crippen LogP contribution in [0.2, 0.25) is 0 Å². The maximum Gasteiger partial charge on any atom is 0.413 e. The molecule has 0 bridgehead atoms. The van der Waals surface area contributed by atoms with Gasteiger partial charge in [0.2, 0.25) is 0 Å². The van der Waals surface area contributed by atoms with Crippen molar-refractivity contribution in [2.45, 2.75) is 32.0 Å². The van der Waals surface area contributed by atoms with Crippen LogP contribution in [-0.4, -0.2) is 12.2 Å². The second-order valence-electron chi connectivity index (χ2n) is 2.42. The van der Waals surface area contributed by atoms with Crippen molar-refractivity contribution in [1.82, 2.24) is 0 Å². The van der Waals surface area contributed by atoms with Crippen molar-refractivity contribution in [3.05, 3.63) is 12.2 Å². The Labute approximate surface area is 64.1 Å². The molecular formula is C7H12F3N. The van der Waals surface area contributed by atoms with E-state index in [0.29, 0.717) is 12.8 Å². The SMILES string of the molecule is C=C(C(N)CCC)C(F)(F)F. The minimum absolute atomic E-state index is 0.332. The third kappa shape index (κ3) is 3.41. The average Bonchev–Trinajstić information content (AvgIpc) is 1.85. The van der Waals surface area contributed by atoms with Gasteiger partial charge in [0, 0.05) is 11.6 Å². The lowest BCUT2D eigenvalue weighted by Crippen LogP contribution is -2.30. The Morgan fingerprint density at radius 1 is 1.55 bits per heavy atom. The maximum atomic E-state index is 11.8. The Kier molecular flexibility index (Phi) is 3.58. The van der Waals surface area contributed by atoms with E-state index in [0.717, 1.165) is 0 Å². The van der Waals surface area contributed by atoms with E-state index in [9.17, 15) is 13.2 Å². The largest absolute Gasteiger partial charge is 0.413 e. The summed E-state index contributed by atoms with van der Waals surface area (Å²) in [5.74, 6) is 0. The summed E-state index contributed by atoms with van der Waals surface area (Å²) in [5.41, 5.74) is 4.36. The monoisotopic (exact) mass is 167 g/mol. The van der Waals surface area contributed by atoms with E-state index >= 15 is 0 Å². The zero-order valence-corrected chi connectivity index (χ0v) is 6.41. The molecule has 0 radical (unpaired) electrons. The third-order valence-electron chi connectivity index (χ3n) is 1.41. The van der Waals surface area contributed by atoms with Gasteiger partial charge in [0.1, 0.15) is 0 Å². The Bertz CT molecular complexity index is 139. The van der Waals surface area contributed by atoms with E-state index < -0.39 is 17.8 Å². The van der Waals surface area contributed by atoms with E-state index in [2.05, 4.69) is 6.58 Å². The summed E-state index contributed by atoms with van der Waals surface area (Å²) in [6.45, 7) is 4.68. The van der Waals surface area contributed by atoms with Crippen LogP contribution in [0.15, 0.2) is 12.2 Å². The normalized spacial score (nSPS) is 14.6. The number of hydrogen-bond donors (Lipinski definition) is 1. The first-order valence-corrected chi connectivity index (χ1v) is 3.41. The summed E-state index contributed by atoms with van der Waals surface area (Å²) in [6.07, 6.45) is -3.37. The third-order valence-corrected chi connectivity index (χ3v) is 1.41. The van der Waals surface area contributed by atoms with Crippen LogP contribution in [0.1, 0.15) is 19.8 Å². The molecule has 11 heavy (non-hydrogen) atoms. The van der Waals surface area contributed by atoms with Crippen LogP contribution in [0.4, 0.5) is 13.2 Å². The van der Waals surface area contributed by atoms with Gasteiger partial charge in [-0.2, -0.15) is 13.2 Å². The highest BCUT2D eigenvalue weighted by Crippen LogP contribution is 2.26. The predicted octanol–water partition coefficient (Wildman–Crippen LogP) is 2.23. The van der Waals surface area contributed by atoms with Crippen LogP contribution in [0.5, 0.6) is 0 Å². The van der Waals surface area contributed by atoms with Gasteiger partial charge < -0.3 is 5.73 Å². The lowest BCUT2D eigenvalue weighted by Gasteiger charge is -2.16. The van der Waals surface area contributed by atoms with Gasteiger partial charge in [-0.3, -0.25) is 0 Å². The summed E-state index contributed by atoms with van der Waals surface area (Å²) < 4.78 is 35.5. The molecule has 1 unspecified atom stereocenters. The average molecular weight is 167 g/mol. The van der Waals surface area contributed by atoms with E-state index in [1.807, 2.05) is 0 Å².